The van der Waals surface area contributed by atoms with Gasteiger partial charge in [-0.05, 0) is 104 Å². The molecule has 1 aliphatic heterocycles. The van der Waals surface area contributed by atoms with Gasteiger partial charge in [0.25, 0.3) is 0 Å². The Kier molecular flexibility index (Phi) is 8.36. The van der Waals surface area contributed by atoms with Gasteiger partial charge in [-0.25, -0.2) is 4.79 Å². The maximum atomic E-state index is 12.7. The second-order valence-corrected chi connectivity index (χ2v) is 14.1. The van der Waals surface area contributed by atoms with Crippen LogP contribution in [0.1, 0.15) is 85.0 Å². The van der Waals surface area contributed by atoms with Crippen LogP contribution in [-0.4, -0.2) is 85.5 Å². The van der Waals surface area contributed by atoms with Gasteiger partial charge in [-0.3, -0.25) is 4.79 Å². The molecule has 0 amide bonds. The molecule has 0 aromatic rings. The molecule has 40 heavy (non-hydrogen) atoms. The summed E-state index contributed by atoms with van der Waals surface area (Å²) in [6.45, 7) is 6.76. The fourth-order valence-electron chi connectivity index (χ4n) is 10.0. The molecule has 228 valence electrons. The van der Waals surface area contributed by atoms with Gasteiger partial charge in [0.2, 0.25) is 6.29 Å². The van der Waals surface area contributed by atoms with Gasteiger partial charge >= 0.3 is 11.9 Å². The standard InChI is InChI=1S/C30H48O10/c1-14(4-9-22(33)39-28-25(36)23(34)24(35)26(40-28)27(37)38)18-7-8-19-17-6-5-15-12-16(31)10-11-29(15,2)20(17)13-21(32)30(18,19)3/h14-21,23-26,28,31-32,34-36H,4-13H2,1-3H3,(H,37,38)/t14-,15-,16-,17+,18-,19+,20+,21+,23+,24+,25-,26+,28-,29+,30-/m1/s1. The van der Waals surface area contributed by atoms with E-state index in [0.717, 1.165) is 51.4 Å². The van der Waals surface area contributed by atoms with E-state index >= 15 is 0 Å². The predicted octanol–water partition coefficient (Wildman–Crippen LogP) is 1.83. The molecule has 4 aliphatic carbocycles. The summed E-state index contributed by atoms with van der Waals surface area (Å²) in [6.07, 6.45) is -1.13. The second-order valence-electron chi connectivity index (χ2n) is 14.1. The highest BCUT2D eigenvalue weighted by Crippen LogP contribution is 2.68. The molecular formula is C30H48O10. The smallest absolute Gasteiger partial charge is 0.335 e. The first-order valence-electron chi connectivity index (χ1n) is 15.3. The third-order valence-corrected chi connectivity index (χ3v) is 12.4. The van der Waals surface area contributed by atoms with Crippen LogP contribution >= 0.6 is 0 Å². The molecule has 0 aromatic heterocycles. The van der Waals surface area contributed by atoms with Crippen LogP contribution in [0.3, 0.4) is 0 Å². The summed E-state index contributed by atoms with van der Waals surface area (Å²) < 4.78 is 10.3. The number of carboxylic acid groups (broad SMARTS) is 1. The van der Waals surface area contributed by atoms with Crippen LogP contribution in [0.25, 0.3) is 0 Å². The van der Waals surface area contributed by atoms with Crippen LogP contribution in [0, 0.1) is 46.3 Å². The van der Waals surface area contributed by atoms with Crippen molar-refractivity contribution in [1.82, 2.24) is 0 Å². The number of hydrogen-bond acceptors (Lipinski definition) is 9. The lowest BCUT2D eigenvalue weighted by atomic mass is 9.43. The number of carbonyl (C=O) groups is 2. The Labute approximate surface area is 236 Å². The van der Waals surface area contributed by atoms with E-state index in [2.05, 4.69) is 20.8 Å². The van der Waals surface area contributed by atoms with E-state index in [0.29, 0.717) is 30.1 Å². The molecule has 0 spiro atoms. The Morgan fingerprint density at radius 2 is 1.65 bits per heavy atom. The topological polar surface area (TPSA) is 174 Å². The molecule has 15 atom stereocenters. The van der Waals surface area contributed by atoms with Crippen LogP contribution in [0.2, 0.25) is 0 Å². The highest BCUT2D eigenvalue weighted by atomic mass is 16.7. The van der Waals surface area contributed by atoms with E-state index in [1.807, 2.05) is 0 Å². The minimum atomic E-state index is -1.85. The zero-order valence-electron chi connectivity index (χ0n) is 23.9. The molecule has 5 rings (SSSR count). The number of aliphatic hydroxyl groups is 5. The highest BCUT2D eigenvalue weighted by Gasteiger charge is 2.63. The minimum Gasteiger partial charge on any atom is -0.479 e. The molecule has 4 saturated carbocycles. The first-order valence-corrected chi connectivity index (χ1v) is 15.3. The van der Waals surface area contributed by atoms with E-state index < -0.39 is 48.7 Å². The quantitative estimate of drug-likeness (QED) is 0.259. The number of fused-ring (bicyclic) bond motifs is 5. The molecule has 0 bridgehead atoms. The normalized spacial score (nSPS) is 51.2. The van der Waals surface area contributed by atoms with Gasteiger partial charge in [-0.2, -0.15) is 0 Å². The van der Waals surface area contributed by atoms with Crippen molar-refractivity contribution in [2.45, 2.75) is 128 Å². The molecule has 0 radical (unpaired) electrons. The Bertz CT molecular complexity index is 959. The van der Waals surface area contributed by atoms with Crippen LogP contribution in [0.5, 0.6) is 0 Å². The van der Waals surface area contributed by atoms with Gasteiger partial charge in [-0.1, -0.05) is 20.8 Å². The molecule has 5 fully saturated rings. The van der Waals surface area contributed by atoms with Gasteiger partial charge in [-0.15, -0.1) is 0 Å². The number of ether oxygens (including phenoxy) is 2. The van der Waals surface area contributed by atoms with E-state index in [-0.39, 0.29) is 35.2 Å². The lowest BCUT2D eigenvalue weighted by Crippen LogP contribution is -2.60. The average molecular weight is 569 g/mol. The molecule has 0 aromatic carbocycles. The van der Waals surface area contributed by atoms with E-state index in [9.17, 15) is 40.2 Å². The SMILES string of the molecule is C[C@H](CCC(=O)O[C@@H]1O[C@H](C(=O)O)[C@@H](O)[C@H](O)[C@H]1O)[C@H]1CC[C@H]2[C@@H]3CC[C@@H]4C[C@H](O)CC[C@]4(C)[C@H]3C[C@H](O)[C@]12C. The van der Waals surface area contributed by atoms with Crippen molar-refractivity contribution < 1.29 is 49.7 Å². The number of rotatable bonds is 6. The number of carboxylic acids is 1. The van der Waals surface area contributed by atoms with Crippen molar-refractivity contribution >= 4 is 11.9 Å². The van der Waals surface area contributed by atoms with Crippen molar-refractivity contribution in [3.63, 3.8) is 0 Å². The number of hydrogen-bond donors (Lipinski definition) is 6. The first-order chi connectivity index (χ1) is 18.8. The molecular weight excluding hydrogens is 520 g/mol. The Hall–Kier alpha value is -1.30. The zero-order chi connectivity index (χ0) is 29.1. The fourth-order valence-corrected chi connectivity index (χ4v) is 10.0. The van der Waals surface area contributed by atoms with Crippen molar-refractivity contribution in [1.29, 1.82) is 0 Å². The fraction of sp³-hybridized carbons (Fsp3) is 0.933. The van der Waals surface area contributed by atoms with Crippen molar-refractivity contribution in [3.8, 4) is 0 Å². The summed E-state index contributed by atoms with van der Waals surface area (Å²) >= 11 is 0. The van der Waals surface area contributed by atoms with Gasteiger partial charge in [0.15, 0.2) is 6.10 Å². The van der Waals surface area contributed by atoms with Gasteiger partial charge in [0, 0.05) is 6.42 Å². The van der Waals surface area contributed by atoms with Crippen LogP contribution in [-0.2, 0) is 19.1 Å². The molecule has 1 saturated heterocycles. The molecule has 5 aliphatic rings. The summed E-state index contributed by atoms with van der Waals surface area (Å²) in [5.74, 6) is 0.149. The maximum Gasteiger partial charge on any atom is 0.335 e. The van der Waals surface area contributed by atoms with Crippen molar-refractivity contribution in [2.24, 2.45) is 46.3 Å². The number of aliphatic hydroxyl groups excluding tert-OH is 5. The van der Waals surface area contributed by atoms with Crippen molar-refractivity contribution in [2.75, 3.05) is 0 Å². The Balaban J connectivity index is 1.21. The third-order valence-electron chi connectivity index (χ3n) is 12.4. The maximum absolute atomic E-state index is 12.7. The average Bonchev–Trinajstić information content (AvgIpc) is 3.27. The molecule has 6 N–H and O–H groups in total. The summed E-state index contributed by atoms with van der Waals surface area (Å²) in [7, 11) is 0. The third kappa shape index (κ3) is 4.90. The lowest BCUT2D eigenvalue weighted by Gasteiger charge is -2.62. The Morgan fingerprint density at radius 3 is 2.35 bits per heavy atom. The molecule has 10 nitrogen and oxygen atoms in total. The number of aliphatic carboxylic acids is 1. The van der Waals surface area contributed by atoms with Gasteiger partial charge < -0.3 is 40.1 Å². The number of carbonyl (C=O) groups excluding carboxylic acids is 1. The predicted molar refractivity (Wildman–Crippen MR) is 141 cm³/mol. The molecule has 10 heteroatoms. The molecule has 1 heterocycles. The minimum absolute atomic E-state index is 0.0195. The van der Waals surface area contributed by atoms with Gasteiger partial charge in [0.1, 0.15) is 18.3 Å². The van der Waals surface area contributed by atoms with E-state index in [1.54, 1.807) is 0 Å². The molecule has 0 unspecified atom stereocenters. The monoisotopic (exact) mass is 568 g/mol. The Morgan fingerprint density at radius 1 is 0.925 bits per heavy atom. The van der Waals surface area contributed by atoms with E-state index in [4.69, 9.17) is 9.47 Å². The summed E-state index contributed by atoms with van der Waals surface area (Å²) in [5.41, 5.74) is -0.0631. The summed E-state index contributed by atoms with van der Waals surface area (Å²) in [5, 5.41) is 61.2. The summed E-state index contributed by atoms with van der Waals surface area (Å²) in [4.78, 5) is 24.0. The van der Waals surface area contributed by atoms with E-state index in [1.165, 1.54) is 0 Å². The second kappa shape index (κ2) is 11.1. The van der Waals surface area contributed by atoms with Crippen LogP contribution in [0.4, 0.5) is 0 Å². The zero-order valence-corrected chi connectivity index (χ0v) is 23.9. The highest BCUT2D eigenvalue weighted by molar-refractivity contribution is 5.73. The van der Waals surface area contributed by atoms with Gasteiger partial charge in [0.05, 0.1) is 12.2 Å². The van der Waals surface area contributed by atoms with Crippen molar-refractivity contribution in [3.05, 3.63) is 0 Å². The van der Waals surface area contributed by atoms with Crippen LogP contribution in [0.15, 0.2) is 0 Å². The largest absolute Gasteiger partial charge is 0.479 e. The summed E-state index contributed by atoms with van der Waals surface area (Å²) in [6, 6.07) is 0. The lowest BCUT2D eigenvalue weighted by molar-refractivity contribution is -0.286. The number of esters is 1. The van der Waals surface area contributed by atoms with Crippen LogP contribution < -0.4 is 0 Å². The first kappa shape index (κ1) is 30.2.